The molecule has 0 unspecified atom stereocenters. The molecule has 0 aliphatic heterocycles. The summed E-state index contributed by atoms with van der Waals surface area (Å²) in [5.41, 5.74) is -0.0950. The first kappa shape index (κ1) is 12.6. The molecule has 4 heteroatoms. The number of para-hydroxylation sites is 1. The first-order valence-corrected chi connectivity index (χ1v) is 6.34. The second-order valence-corrected chi connectivity index (χ2v) is 4.66. The molecule has 1 aromatic carbocycles. The maximum atomic E-state index is 12.1. The SMILES string of the molecule is CCCNC(=O)C1(C(=O)Nc2ccccc2)CC1. The molecule has 0 atom stereocenters. The Bertz CT molecular complexity index is 438. The summed E-state index contributed by atoms with van der Waals surface area (Å²) in [4.78, 5) is 24.1. The zero-order valence-electron chi connectivity index (χ0n) is 10.5. The van der Waals surface area contributed by atoms with Gasteiger partial charge in [0.05, 0.1) is 0 Å². The van der Waals surface area contributed by atoms with Crippen molar-refractivity contribution in [2.75, 3.05) is 11.9 Å². The van der Waals surface area contributed by atoms with Crippen molar-refractivity contribution in [3.8, 4) is 0 Å². The van der Waals surface area contributed by atoms with Gasteiger partial charge >= 0.3 is 0 Å². The van der Waals surface area contributed by atoms with Crippen molar-refractivity contribution in [3.63, 3.8) is 0 Å². The van der Waals surface area contributed by atoms with Crippen molar-refractivity contribution >= 4 is 17.5 Å². The van der Waals surface area contributed by atoms with E-state index in [0.717, 1.165) is 12.1 Å². The van der Waals surface area contributed by atoms with E-state index >= 15 is 0 Å². The molecule has 0 aromatic heterocycles. The zero-order chi connectivity index (χ0) is 13.0. The summed E-state index contributed by atoms with van der Waals surface area (Å²) in [6.07, 6.45) is 2.16. The second kappa shape index (κ2) is 5.21. The average molecular weight is 246 g/mol. The van der Waals surface area contributed by atoms with Crippen LogP contribution in [0.5, 0.6) is 0 Å². The van der Waals surface area contributed by atoms with Crippen molar-refractivity contribution in [3.05, 3.63) is 30.3 Å². The van der Waals surface area contributed by atoms with Gasteiger partial charge in [-0.15, -0.1) is 0 Å². The Labute approximate surface area is 107 Å². The van der Waals surface area contributed by atoms with Gasteiger partial charge in [0.1, 0.15) is 5.41 Å². The molecule has 0 saturated heterocycles. The van der Waals surface area contributed by atoms with Gasteiger partial charge in [0, 0.05) is 12.2 Å². The number of benzene rings is 1. The van der Waals surface area contributed by atoms with E-state index in [1.54, 1.807) is 0 Å². The number of hydrogen-bond donors (Lipinski definition) is 2. The fourth-order valence-corrected chi connectivity index (χ4v) is 1.86. The van der Waals surface area contributed by atoms with E-state index in [9.17, 15) is 9.59 Å². The van der Waals surface area contributed by atoms with Gasteiger partial charge in [-0.25, -0.2) is 0 Å². The molecule has 2 amide bonds. The monoisotopic (exact) mass is 246 g/mol. The number of hydrogen-bond acceptors (Lipinski definition) is 2. The predicted octanol–water partition coefficient (Wildman–Crippen LogP) is 1.93. The van der Waals surface area contributed by atoms with E-state index < -0.39 is 5.41 Å². The van der Waals surface area contributed by atoms with E-state index in [1.807, 2.05) is 37.3 Å². The fraction of sp³-hybridized carbons (Fsp3) is 0.429. The lowest BCUT2D eigenvalue weighted by Gasteiger charge is -2.15. The van der Waals surface area contributed by atoms with E-state index in [0.29, 0.717) is 19.4 Å². The third-order valence-corrected chi connectivity index (χ3v) is 3.19. The van der Waals surface area contributed by atoms with Crippen molar-refractivity contribution in [2.45, 2.75) is 26.2 Å². The number of anilines is 1. The van der Waals surface area contributed by atoms with Crippen molar-refractivity contribution in [1.29, 1.82) is 0 Å². The summed E-state index contributed by atoms with van der Waals surface area (Å²) in [7, 11) is 0. The number of carbonyl (C=O) groups excluding carboxylic acids is 2. The first-order chi connectivity index (χ1) is 8.69. The van der Waals surface area contributed by atoms with Gasteiger partial charge in [-0.2, -0.15) is 0 Å². The molecule has 1 fully saturated rings. The topological polar surface area (TPSA) is 58.2 Å². The normalized spacial score (nSPS) is 15.8. The van der Waals surface area contributed by atoms with Gasteiger partial charge in [0.2, 0.25) is 11.8 Å². The highest BCUT2D eigenvalue weighted by Crippen LogP contribution is 2.46. The van der Waals surface area contributed by atoms with Crippen LogP contribution >= 0.6 is 0 Å². The van der Waals surface area contributed by atoms with Crippen LogP contribution in [0.3, 0.4) is 0 Å². The standard InChI is InChI=1S/C14H18N2O2/c1-2-10-15-12(17)14(8-9-14)13(18)16-11-6-4-3-5-7-11/h3-7H,2,8-10H2,1H3,(H,15,17)(H,16,18). The Kier molecular flexibility index (Phi) is 3.65. The molecule has 1 saturated carbocycles. The summed E-state index contributed by atoms with van der Waals surface area (Å²) in [6.45, 7) is 2.61. The maximum absolute atomic E-state index is 12.1. The van der Waals surface area contributed by atoms with Crippen molar-refractivity contribution < 1.29 is 9.59 Å². The smallest absolute Gasteiger partial charge is 0.240 e. The van der Waals surface area contributed by atoms with Crippen LogP contribution in [0, 0.1) is 5.41 Å². The van der Waals surface area contributed by atoms with Crippen molar-refractivity contribution in [1.82, 2.24) is 5.32 Å². The Hall–Kier alpha value is -1.84. The Morgan fingerprint density at radius 2 is 1.83 bits per heavy atom. The lowest BCUT2D eigenvalue weighted by molar-refractivity contribution is -0.134. The predicted molar refractivity (Wildman–Crippen MR) is 70.0 cm³/mol. The molecular formula is C14H18N2O2. The highest BCUT2D eigenvalue weighted by atomic mass is 16.2. The van der Waals surface area contributed by atoms with Crippen LogP contribution in [0.15, 0.2) is 30.3 Å². The van der Waals surface area contributed by atoms with Crippen LogP contribution in [-0.4, -0.2) is 18.4 Å². The number of amides is 2. The zero-order valence-corrected chi connectivity index (χ0v) is 10.5. The minimum Gasteiger partial charge on any atom is -0.355 e. The Balaban J connectivity index is 1.98. The minimum atomic E-state index is -0.828. The molecule has 0 bridgehead atoms. The summed E-state index contributed by atoms with van der Waals surface area (Å²) in [5.74, 6) is -0.333. The highest BCUT2D eigenvalue weighted by molar-refractivity contribution is 6.13. The summed E-state index contributed by atoms with van der Waals surface area (Å²) < 4.78 is 0. The summed E-state index contributed by atoms with van der Waals surface area (Å²) in [6, 6.07) is 9.23. The molecule has 0 radical (unpaired) electrons. The van der Waals surface area contributed by atoms with Crippen LogP contribution in [0.4, 0.5) is 5.69 Å². The molecule has 1 aliphatic carbocycles. The fourth-order valence-electron chi connectivity index (χ4n) is 1.86. The molecule has 96 valence electrons. The maximum Gasteiger partial charge on any atom is 0.240 e. The molecule has 1 aliphatic rings. The molecule has 2 rings (SSSR count). The van der Waals surface area contributed by atoms with Gasteiger partial charge in [-0.05, 0) is 31.4 Å². The lowest BCUT2D eigenvalue weighted by atomic mass is 10.0. The third kappa shape index (κ3) is 2.53. The number of rotatable bonds is 5. The lowest BCUT2D eigenvalue weighted by Crippen LogP contribution is -2.40. The average Bonchev–Trinajstić information content (AvgIpc) is 3.18. The van der Waals surface area contributed by atoms with Crippen LogP contribution < -0.4 is 10.6 Å². The van der Waals surface area contributed by atoms with Crippen molar-refractivity contribution in [2.24, 2.45) is 5.41 Å². The van der Waals surface area contributed by atoms with Gasteiger partial charge in [-0.1, -0.05) is 25.1 Å². The van der Waals surface area contributed by atoms with Gasteiger partial charge in [0.25, 0.3) is 0 Å². The van der Waals surface area contributed by atoms with E-state index in [1.165, 1.54) is 0 Å². The summed E-state index contributed by atoms with van der Waals surface area (Å²) in [5, 5.41) is 5.60. The number of carbonyl (C=O) groups is 2. The van der Waals surface area contributed by atoms with E-state index in [-0.39, 0.29) is 11.8 Å². The first-order valence-electron chi connectivity index (χ1n) is 6.34. The van der Waals surface area contributed by atoms with Crippen LogP contribution in [-0.2, 0) is 9.59 Å². The molecule has 18 heavy (non-hydrogen) atoms. The van der Waals surface area contributed by atoms with Gasteiger partial charge in [-0.3, -0.25) is 9.59 Å². The largest absolute Gasteiger partial charge is 0.355 e. The Morgan fingerprint density at radius 3 is 2.39 bits per heavy atom. The number of nitrogens with one attached hydrogen (secondary N) is 2. The van der Waals surface area contributed by atoms with E-state index in [4.69, 9.17) is 0 Å². The third-order valence-electron chi connectivity index (χ3n) is 3.19. The molecule has 2 N–H and O–H groups in total. The van der Waals surface area contributed by atoms with Gasteiger partial charge in [0.15, 0.2) is 0 Å². The summed E-state index contributed by atoms with van der Waals surface area (Å²) >= 11 is 0. The van der Waals surface area contributed by atoms with Crippen LogP contribution in [0.1, 0.15) is 26.2 Å². The molecule has 0 spiro atoms. The second-order valence-electron chi connectivity index (χ2n) is 4.66. The molecule has 4 nitrogen and oxygen atoms in total. The van der Waals surface area contributed by atoms with Gasteiger partial charge < -0.3 is 10.6 Å². The van der Waals surface area contributed by atoms with Crippen LogP contribution in [0.2, 0.25) is 0 Å². The van der Waals surface area contributed by atoms with Crippen LogP contribution in [0.25, 0.3) is 0 Å². The molecular weight excluding hydrogens is 228 g/mol. The molecule has 0 heterocycles. The van der Waals surface area contributed by atoms with E-state index in [2.05, 4.69) is 10.6 Å². The molecule has 1 aromatic rings. The highest BCUT2D eigenvalue weighted by Gasteiger charge is 2.56. The Morgan fingerprint density at radius 1 is 1.17 bits per heavy atom. The minimum absolute atomic E-state index is 0.141. The quantitative estimate of drug-likeness (QED) is 0.780.